The van der Waals surface area contributed by atoms with Crippen molar-refractivity contribution in [3.63, 3.8) is 0 Å². The summed E-state index contributed by atoms with van der Waals surface area (Å²) in [6.45, 7) is 5.72. The molecule has 1 heterocycles. The molecule has 0 aliphatic carbocycles. The van der Waals surface area contributed by atoms with Crippen molar-refractivity contribution in [1.82, 2.24) is 9.88 Å². The number of amides is 2. The van der Waals surface area contributed by atoms with E-state index in [0.717, 1.165) is 16.5 Å². The maximum atomic E-state index is 13.6. The fourth-order valence-corrected chi connectivity index (χ4v) is 3.12. The van der Waals surface area contributed by atoms with E-state index >= 15 is 0 Å². The number of rotatable bonds is 4. The van der Waals surface area contributed by atoms with Crippen LogP contribution in [0.5, 0.6) is 0 Å². The lowest BCUT2D eigenvalue weighted by Gasteiger charge is -2.20. The Balaban J connectivity index is 1.75. The molecular weight excluding hydrogens is 357 g/mol. The second-order valence-electron chi connectivity index (χ2n) is 7.94. The summed E-state index contributed by atoms with van der Waals surface area (Å²) in [4.78, 5) is 24.8. The molecule has 0 fully saturated rings. The molecule has 28 heavy (non-hydrogen) atoms. The summed E-state index contributed by atoms with van der Waals surface area (Å²) in [6, 6.07) is 11.3. The van der Waals surface area contributed by atoms with Crippen LogP contribution in [0.3, 0.4) is 0 Å². The lowest BCUT2D eigenvalue weighted by molar-refractivity contribution is -0.115. The van der Waals surface area contributed by atoms with Gasteiger partial charge in [0.15, 0.2) is 0 Å². The van der Waals surface area contributed by atoms with E-state index in [4.69, 9.17) is 0 Å². The third-order valence-electron chi connectivity index (χ3n) is 4.28. The second kappa shape index (κ2) is 7.46. The van der Waals surface area contributed by atoms with E-state index in [1.807, 2.05) is 38.6 Å². The summed E-state index contributed by atoms with van der Waals surface area (Å²) in [5.74, 6) is -0.767. The first-order valence-electron chi connectivity index (χ1n) is 9.08. The highest BCUT2D eigenvalue weighted by atomic mass is 19.1. The molecule has 0 unspecified atom stereocenters. The zero-order valence-corrected chi connectivity index (χ0v) is 16.5. The molecule has 0 bridgehead atoms. The third kappa shape index (κ3) is 4.57. The number of hydrogen-bond donors (Lipinski definition) is 2. The Morgan fingerprint density at radius 1 is 1.11 bits per heavy atom. The number of carbonyl (C=O) groups is 2. The highest BCUT2D eigenvalue weighted by Crippen LogP contribution is 2.22. The molecule has 6 heteroatoms. The van der Waals surface area contributed by atoms with Crippen molar-refractivity contribution in [3.05, 3.63) is 65.6 Å². The first-order valence-corrected chi connectivity index (χ1v) is 9.08. The van der Waals surface area contributed by atoms with E-state index in [0.29, 0.717) is 11.3 Å². The van der Waals surface area contributed by atoms with Crippen molar-refractivity contribution in [2.75, 3.05) is 5.32 Å². The average molecular weight is 381 g/mol. The number of anilines is 1. The number of nitrogens with zero attached hydrogens (tertiary/aromatic N) is 1. The molecule has 0 atom stereocenters. The molecule has 3 aromatic rings. The molecule has 0 aliphatic heterocycles. The second-order valence-corrected chi connectivity index (χ2v) is 7.94. The minimum Gasteiger partial charge on any atom is -0.350 e. The van der Waals surface area contributed by atoms with Gasteiger partial charge in [-0.2, -0.15) is 0 Å². The van der Waals surface area contributed by atoms with Gasteiger partial charge in [-0.15, -0.1) is 0 Å². The molecule has 5 nitrogen and oxygen atoms in total. The predicted molar refractivity (Wildman–Crippen MR) is 109 cm³/mol. The Bertz CT molecular complexity index is 1050. The number of halogens is 1. The Labute approximate surface area is 163 Å². The van der Waals surface area contributed by atoms with Crippen LogP contribution in [0.15, 0.2) is 48.7 Å². The van der Waals surface area contributed by atoms with Gasteiger partial charge in [0.05, 0.1) is 6.42 Å². The highest BCUT2D eigenvalue weighted by molar-refractivity contribution is 5.99. The number of benzene rings is 2. The van der Waals surface area contributed by atoms with E-state index in [1.54, 1.807) is 30.3 Å². The quantitative estimate of drug-likeness (QED) is 0.717. The molecule has 0 saturated carbocycles. The van der Waals surface area contributed by atoms with Crippen molar-refractivity contribution in [1.29, 1.82) is 0 Å². The van der Waals surface area contributed by atoms with Gasteiger partial charge in [0, 0.05) is 40.9 Å². The Kier molecular flexibility index (Phi) is 5.23. The van der Waals surface area contributed by atoms with Crippen LogP contribution in [-0.2, 0) is 18.3 Å². The third-order valence-corrected chi connectivity index (χ3v) is 4.28. The summed E-state index contributed by atoms with van der Waals surface area (Å²) in [7, 11) is 1.86. The molecule has 0 saturated heterocycles. The number of aryl methyl sites for hydroxylation is 1. The predicted octanol–water partition coefficient (Wildman–Crippen LogP) is 4.03. The van der Waals surface area contributed by atoms with Gasteiger partial charge in [-0.3, -0.25) is 9.59 Å². The van der Waals surface area contributed by atoms with Crippen molar-refractivity contribution >= 4 is 28.4 Å². The Morgan fingerprint density at radius 2 is 1.86 bits per heavy atom. The summed E-state index contributed by atoms with van der Waals surface area (Å²) < 4.78 is 15.5. The van der Waals surface area contributed by atoms with E-state index < -0.39 is 0 Å². The van der Waals surface area contributed by atoms with E-state index in [1.165, 1.54) is 12.1 Å². The lowest BCUT2D eigenvalue weighted by atomic mass is 10.1. The zero-order chi connectivity index (χ0) is 20.5. The van der Waals surface area contributed by atoms with Crippen LogP contribution < -0.4 is 10.6 Å². The molecule has 2 aromatic carbocycles. The molecule has 0 spiro atoms. The normalized spacial score (nSPS) is 11.5. The first kappa shape index (κ1) is 19.6. The molecule has 1 aromatic heterocycles. The molecule has 2 amide bonds. The summed E-state index contributed by atoms with van der Waals surface area (Å²) in [5.41, 5.74) is 2.28. The first-order chi connectivity index (χ1) is 13.1. The van der Waals surface area contributed by atoms with Crippen LogP contribution >= 0.6 is 0 Å². The van der Waals surface area contributed by atoms with Gasteiger partial charge in [0.25, 0.3) is 5.91 Å². The van der Waals surface area contributed by atoms with E-state index in [2.05, 4.69) is 10.6 Å². The highest BCUT2D eigenvalue weighted by Gasteiger charge is 2.16. The van der Waals surface area contributed by atoms with Crippen molar-refractivity contribution in [2.45, 2.75) is 32.7 Å². The van der Waals surface area contributed by atoms with Gasteiger partial charge in [0.2, 0.25) is 5.91 Å². The summed E-state index contributed by atoms with van der Waals surface area (Å²) >= 11 is 0. The topological polar surface area (TPSA) is 63.1 Å². The molecule has 0 aliphatic rings. The summed E-state index contributed by atoms with van der Waals surface area (Å²) in [6.07, 6.45) is 1.94. The molecule has 146 valence electrons. The van der Waals surface area contributed by atoms with Gasteiger partial charge in [-0.05, 0) is 62.7 Å². The molecule has 3 rings (SSSR count). The lowest BCUT2D eigenvalue weighted by Crippen LogP contribution is -2.40. The number of hydrogen-bond acceptors (Lipinski definition) is 2. The smallest absolute Gasteiger partial charge is 0.251 e. The van der Waals surface area contributed by atoms with Crippen LogP contribution in [0.1, 0.15) is 36.7 Å². The van der Waals surface area contributed by atoms with Gasteiger partial charge >= 0.3 is 0 Å². The van der Waals surface area contributed by atoms with Crippen LogP contribution in [0, 0.1) is 5.82 Å². The number of fused-ring (bicyclic) bond motifs is 1. The summed E-state index contributed by atoms with van der Waals surface area (Å²) in [5, 5.41) is 6.43. The minimum absolute atomic E-state index is 0.110. The van der Waals surface area contributed by atoms with Crippen LogP contribution in [0.2, 0.25) is 0 Å². The van der Waals surface area contributed by atoms with Crippen molar-refractivity contribution in [3.8, 4) is 0 Å². The van der Waals surface area contributed by atoms with Crippen molar-refractivity contribution < 1.29 is 14.0 Å². The Morgan fingerprint density at radius 3 is 2.57 bits per heavy atom. The van der Waals surface area contributed by atoms with E-state index in [9.17, 15) is 14.0 Å². The minimum atomic E-state index is -0.347. The fourth-order valence-electron chi connectivity index (χ4n) is 3.12. The SMILES string of the molecule is Cn1cc(CC(=O)Nc2cccc(C(=O)NC(C)(C)C)c2)c2cc(F)ccc21. The molecule has 0 radical (unpaired) electrons. The van der Waals surface area contributed by atoms with Crippen LogP contribution in [-0.4, -0.2) is 21.9 Å². The maximum Gasteiger partial charge on any atom is 0.251 e. The fraction of sp³-hybridized carbons (Fsp3) is 0.273. The molecule has 2 N–H and O–H groups in total. The standard InChI is InChI=1S/C22H24FN3O2/c1-22(2,3)25-21(28)14-6-5-7-17(10-14)24-20(27)11-15-13-26(4)19-9-8-16(23)12-18(15)19/h5-10,12-13H,11H2,1-4H3,(H,24,27)(H,25,28). The monoisotopic (exact) mass is 381 g/mol. The van der Waals surface area contributed by atoms with Crippen LogP contribution in [0.25, 0.3) is 10.9 Å². The molecular formula is C22H24FN3O2. The van der Waals surface area contributed by atoms with Gasteiger partial charge in [-0.25, -0.2) is 4.39 Å². The van der Waals surface area contributed by atoms with Gasteiger partial charge in [-0.1, -0.05) is 6.07 Å². The average Bonchev–Trinajstić information content (AvgIpc) is 2.88. The Hall–Kier alpha value is -3.15. The van der Waals surface area contributed by atoms with Crippen LogP contribution in [0.4, 0.5) is 10.1 Å². The maximum absolute atomic E-state index is 13.6. The van der Waals surface area contributed by atoms with Gasteiger partial charge in [0.1, 0.15) is 5.82 Å². The number of carbonyl (C=O) groups excluding carboxylic acids is 2. The van der Waals surface area contributed by atoms with Gasteiger partial charge < -0.3 is 15.2 Å². The zero-order valence-electron chi connectivity index (χ0n) is 16.5. The number of aromatic nitrogens is 1. The largest absolute Gasteiger partial charge is 0.350 e. The number of nitrogens with one attached hydrogen (secondary N) is 2. The van der Waals surface area contributed by atoms with E-state index in [-0.39, 0.29) is 29.6 Å². The van der Waals surface area contributed by atoms with Crippen molar-refractivity contribution in [2.24, 2.45) is 7.05 Å².